The van der Waals surface area contributed by atoms with Gasteiger partial charge in [-0.05, 0) is 134 Å². The third-order valence-corrected chi connectivity index (χ3v) is 22.0. The molecule has 1 saturated heterocycles. The van der Waals surface area contributed by atoms with Gasteiger partial charge >= 0.3 is 18.1 Å². The van der Waals surface area contributed by atoms with Gasteiger partial charge in [0.25, 0.3) is 0 Å². The van der Waals surface area contributed by atoms with Crippen LogP contribution in [0.15, 0.2) is 121 Å². The van der Waals surface area contributed by atoms with Crippen molar-refractivity contribution >= 4 is 70.4 Å². The number of alkyl carbamates (subject to hydrolysis) is 1. The van der Waals surface area contributed by atoms with Crippen molar-refractivity contribution in [1.29, 1.82) is 0 Å². The predicted octanol–water partition coefficient (Wildman–Crippen LogP) is 8.45. The number of esters is 1. The molecule has 10 rings (SSSR count). The topological polar surface area (TPSA) is 354 Å². The van der Waals surface area contributed by atoms with Crippen molar-refractivity contribution in [3.8, 4) is 11.8 Å². The summed E-state index contributed by atoms with van der Waals surface area (Å²) in [5.41, 5.74) is 3.07. The number of halogens is 2. The lowest BCUT2D eigenvalue weighted by molar-refractivity contribution is -0.234. The van der Waals surface area contributed by atoms with Crippen LogP contribution in [0.3, 0.4) is 0 Å². The number of carbonyl (C=O) groups is 10. The highest BCUT2D eigenvalue weighted by atomic mass is 19.1. The number of para-hydroxylation sites is 1. The number of aliphatic hydroxyl groups is 1. The van der Waals surface area contributed by atoms with E-state index in [2.05, 4.69) is 38.4 Å². The van der Waals surface area contributed by atoms with E-state index < -0.39 is 119 Å². The number of fused-ring (bicyclic) bond motifs is 9. The highest BCUT2D eigenvalue weighted by Crippen LogP contribution is 2.72. The number of aliphatic hydroxyl groups excluding tert-OH is 1. The van der Waals surface area contributed by atoms with E-state index >= 15 is 8.78 Å². The molecule has 4 fully saturated rings. The number of hydrogen-bond donors (Lipinski definition) is 7. The van der Waals surface area contributed by atoms with Gasteiger partial charge in [-0.15, -0.1) is 0 Å². The molecule has 596 valence electrons. The summed E-state index contributed by atoms with van der Waals surface area (Å²) in [6.07, 6.45) is -1.27. The Morgan fingerprint density at radius 2 is 1.41 bits per heavy atom. The Hall–Kier alpha value is -9.60. The Morgan fingerprint density at radius 3 is 2.12 bits per heavy atom. The second-order valence-electron chi connectivity index (χ2n) is 29.6. The standard InChI is InChI=1S/C83H101F2N7O19/c1-6-12-74-110-70-46-62-63-45-65(84)64-44-61(93)30-32-80(64,4)82(63,85)68(95)47-81(62,5)83(70,111-74)69(96)51-108-77(101)57-22-18-53(19-23-57)48-89-79(103)109-50-54-20-26-60(27-21-54)90-76(100)58(16-11-33-88-78(86)102)43-67(94)75(52(2)3)91-72(98)31-35-104-37-39-106-41-42-107-40-38-105-36-34-87-71(97)28-29-73(99)92-49-59-15-8-7-13-55(59)24-25-56-14-9-10-17-66(56)92/h7-10,13-15,17-23,26-27,30,32,44,52,58,62-63,65,68,70,74-75,95H,6,11-12,16,28-29,31,33-43,45-51H2,1-5H3,(H,87,97)(H,89,103)(H,90,100)(H,91,98)(H3,86,88,102)/t58-,62+,63+,65+,68+,70-,74?,75+,80+,81+,82+,83-/m1/s1. The van der Waals surface area contributed by atoms with E-state index in [0.29, 0.717) is 68.1 Å². The molecule has 8 N–H and O–H groups in total. The van der Waals surface area contributed by atoms with Crippen molar-refractivity contribution in [3.63, 3.8) is 0 Å². The van der Waals surface area contributed by atoms with E-state index in [4.69, 9.17) is 43.6 Å². The molecule has 0 bridgehead atoms. The number of alkyl halides is 2. The zero-order valence-electron chi connectivity index (χ0n) is 63.4. The minimum Gasteiger partial charge on any atom is -0.454 e. The summed E-state index contributed by atoms with van der Waals surface area (Å²) in [6, 6.07) is 26.1. The highest BCUT2D eigenvalue weighted by molar-refractivity contribution is 6.02. The number of allylic oxidation sites excluding steroid dienone is 4. The summed E-state index contributed by atoms with van der Waals surface area (Å²) in [4.78, 5) is 133. The van der Waals surface area contributed by atoms with Gasteiger partial charge in [0.15, 0.2) is 35.7 Å². The van der Waals surface area contributed by atoms with Crippen molar-refractivity contribution in [1.82, 2.24) is 21.3 Å². The molecule has 4 aliphatic carbocycles. The molecule has 1 unspecified atom stereocenters. The van der Waals surface area contributed by atoms with Crippen molar-refractivity contribution in [3.05, 3.63) is 154 Å². The van der Waals surface area contributed by atoms with Gasteiger partial charge in [-0.25, -0.2) is 23.2 Å². The fraction of sp³-hybridized carbons (Fsp3) is 0.518. The average molecular weight is 1540 g/mol. The summed E-state index contributed by atoms with van der Waals surface area (Å²) >= 11 is 0. The van der Waals surface area contributed by atoms with Crippen molar-refractivity contribution in [2.75, 3.05) is 82.8 Å². The SMILES string of the molecule is CCCC1O[C@@H]2C[C@H]3[C@@H]4C[C@H](F)C5=CC(=O)C=C[C@]5(C)[C@@]4(F)[C@@H](O)C[C@]3(C)[C@]2(C(=O)COC(=O)c2ccc(CNC(=O)OCc3ccc(NC(=O)[C@H](CCCNC(N)=O)CC(=O)[C@@H](NC(=O)CCOCCOCCOCCOCCNC(=O)CCC(=O)N4Cc5ccccc5C#Cc5ccccc54)C(C)C)cc3)cc2)O1. The number of rotatable bonds is 39. The molecule has 111 heavy (non-hydrogen) atoms. The number of benzene rings is 4. The number of amides is 7. The number of urea groups is 1. The Morgan fingerprint density at radius 1 is 0.748 bits per heavy atom. The summed E-state index contributed by atoms with van der Waals surface area (Å²) in [6.45, 7) is 10.5. The van der Waals surface area contributed by atoms with Gasteiger partial charge in [-0.2, -0.15) is 0 Å². The van der Waals surface area contributed by atoms with Crippen LogP contribution in [-0.2, 0) is 91.2 Å². The number of ether oxygens (including phenoxy) is 8. The number of primary amides is 1. The van der Waals surface area contributed by atoms with Crippen LogP contribution in [0, 0.1) is 46.3 Å². The van der Waals surface area contributed by atoms with Crippen LogP contribution < -0.4 is 37.2 Å². The summed E-state index contributed by atoms with van der Waals surface area (Å²) in [7, 11) is 0. The fourth-order valence-electron chi connectivity index (χ4n) is 16.2. The number of nitrogens with zero attached hydrogens (tertiary/aromatic N) is 1. The van der Waals surface area contributed by atoms with Gasteiger partial charge in [0.2, 0.25) is 29.4 Å². The highest BCUT2D eigenvalue weighted by Gasteiger charge is 2.80. The minimum atomic E-state index is -2.39. The summed E-state index contributed by atoms with van der Waals surface area (Å²) < 4.78 is 80.5. The molecule has 0 spiro atoms. The van der Waals surface area contributed by atoms with Gasteiger partial charge in [-0.3, -0.25) is 33.6 Å². The number of carbonyl (C=O) groups excluding carboxylic acids is 10. The largest absolute Gasteiger partial charge is 0.454 e. The zero-order valence-corrected chi connectivity index (χ0v) is 63.4. The molecule has 2 heterocycles. The third kappa shape index (κ3) is 20.2. The van der Waals surface area contributed by atoms with Gasteiger partial charge in [-0.1, -0.05) is 107 Å². The molecular formula is C83H101F2N7O19. The van der Waals surface area contributed by atoms with Crippen LogP contribution in [-0.4, -0.2) is 179 Å². The van der Waals surface area contributed by atoms with Gasteiger partial charge in [0, 0.05) is 84.8 Å². The molecule has 4 aromatic carbocycles. The number of anilines is 2. The van der Waals surface area contributed by atoms with E-state index in [1.165, 1.54) is 31.2 Å². The van der Waals surface area contributed by atoms with E-state index in [9.17, 15) is 53.1 Å². The second kappa shape index (κ2) is 38.6. The first-order chi connectivity index (χ1) is 53.3. The maximum Gasteiger partial charge on any atom is 0.407 e. The monoisotopic (exact) mass is 1540 g/mol. The average Bonchev–Trinajstić information content (AvgIpc) is 1.54. The molecule has 26 nitrogen and oxygen atoms in total. The molecule has 0 aromatic heterocycles. The maximum atomic E-state index is 18.0. The lowest BCUT2D eigenvalue weighted by Crippen LogP contribution is -2.71. The maximum absolute atomic E-state index is 18.0. The quantitative estimate of drug-likeness (QED) is 0.0125. The first-order valence-electron chi connectivity index (χ1n) is 38.1. The number of nitrogens with one attached hydrogen (secondary N) is 5. The molecule has 12 atom stereocenters. The first kappa shape index (κ1) is 83.9. The second-order valence-corrected chi connectivity index (χ2v) is 29.6. The first-order valence-corrected chi connectivity index (χ1v) is 38.1. The van der Waals surface area contributed by atoms with Crippen molar-refractivity contribution < 1.29 is 99.7 Å². The van der Waals surface area contributed by atoms with Crippen LogP contribution in [0.25, 0.3) is 0 Å². The number of Topliss-reactive ketones (excluding diaryl/α,β-unsaturated/α-hetero) is 2. The predicted molar refractivity (Wildman–Crippen MR) is 402 cm³/mol. The molecule has 0 radical (unpaired) electrons. The Balaban J connectivity index is 0.586. The van der Waals surface area contributed by atoms with Gasteiger partial charge < -0.3 is 80.2 Å². The van der Waals surface area contributed by atoms with E-state index in [-0.39, 0.29) is 145 Å². The van der Waals surface area contributed by atoms with E-state index in [0.717, 1.165) is 22.8 Å². The lowest BCUT2D eigenvalue weighted by Gasteiger charge is -2.63. The minimum absolute atomic E-state index is 0.00453. The Labute approximate surface area is 644 Å². The van der Waals surface area contributed by atoms with Gasteiger partial charge in [0.1, 0.15) is 12.8 Å². The Bertz CT molecular complexity index is 4150. The molecule has 2 aliphatic heterocycles. The number of hydrogen-bond acceptors (Lipinski definition) is 19. The molecule has 7 amide bonds. The van der Waals surface area contributed by atoms with Crippen molar-refractivity contribution in [2.24, 2.45) is 40.2 Å². The lowest BCUT2D eigenvalue weighted by atomic mass is 9.44. The summed E-state index contributed by atoms with van der Waals surface area (Å²) in [5.74, 6) is -0.245. The van der Waals surface area contributed by atoms with Gasteiger partial charge in [0.05, 0.1) is 88.9 Å². The van der Waals surface area contributed by atoms with Crippen molar-refractivity contribution in [2.45, 2.75) is 167 Å². The molecule has 6 aliphatic rings. The summed E-state index contributed by atoms with van der Waals surface area (Å²) in [5, 5.41) is 25.5. The molecule has 4 aromatic rings. The number of nitrogens with two attached hydrogens (primary N) is 1. The molecule has 28 heteroatoms. The third-order valence-electron chi connectivity index (χ3n) is 22.0. The van der Waals surface area contributed by atoms with Crippen LogP contribution >= 0.6 is 0 Å². The van der Waals surface area contributed by atoms with Crippen LogP contribution in [0.2, 0.25) is 0 Å². The van der Waals surface area contributed by atoms with E-state index in [1.807, 2.05) is 55.5 Å². The van der Waals surface area contributed by atoms with E-state index in [1.54, 1.807) is 62.1 Å². The number of ketones is 3. The van der Waals surface area contributed by atoms with Crippen LogP contribution in [0.1, 0.15) is 143 Å². The normalized spacial score (nSPS) is 24.4. The van der Waals surface area contributed by atoms with Crippen LogP contribution in [0.5, 0.6) is 0 Å². The zero-order chi connectivity index (χ0) is 79.5. The molecular weight excluding hydrogens is 1440 g/mol. The fourth-order valence-corrected chi connectivity index (χ4v) is 16.2. The smallest absolute Gasteiger partial charge is 0.407 e. The van der Waals surface area contributed by atoms with Crippen LogP contribution in [0.4, 0.5) is 29.7 Å². The Kier molecular flexibility index (Phi) is 29.1. The molecule has 3 saturated carbocycles.